The van der Waals surface area contributed by atoms with Crippen LogP contribution in [0.5, 0.6) is 0 Å². The zero-order valence-electron chi connectivity index (χ0n) is 18.0. The topological polar surface area (TPSA) is 92.3 Å². The summed E-state index contributed by atoms with van der Waals surface area (Å²) < 4.78 is 18.9. The van der Waals surface area contributed by atoms with Crippen LogP contribution in [0.15, 0.2) is 48.7 Å². The van der Waals surface area contributed by atoms with Crippen LogP contribution in [0.1, 0.15) is 23.2 Å². The number of benzene rings is 1. The molecule has 1 atom stereocenters. The minimum absolute atomic E-state index is 0.154. The standard InChI is InChI=1S/C23H25FN6O2/c1-15-11-16(2)27-23(26-15)29-19-7-8-20(25-12-19)21-13-30(9-10-32-21)14-22(31)28-18-5-3-17(24)4-6-18/h3-8,11-12,21H,9-10,13-14H2,1-2H3,(H,28,31)(H,26,27,29)/t21-/m1/s1. The Labute approximate surface area is 185 Å². The highest BCUT2D eigenvalue weighted by atomic mass is 19.1. The summed E-state index contributed by atoms with van der Waals surface area (Å²) in [5.74, 6) is 0.0387. The lowest BCUT2D eigenvalue weighted by atomic mass is 10.2. The highest BCUT2D eigenvalue weighted by Crippen LogP contribution is 2.22. The first-order chi connectivity index (χ1) is 15.4. The van der Waals surface area contributed by atoms with E-state index in [2.05, 4.69) is 25.6 Å². The first-order valence-electron chi connectivity index (χ1n) is 10.4. The van der Waals surface area contributed by atoms with Crippen LogP contribution < -0.4 is 10.6 Å². The number of hydrogen-bond acceptors (Lipinski definition) is 7. The molecule has 0 bridgehead atoms. The molecule has 0 unspecified atom stereocenters. The molecule has 9 heteroatoms. The Hall–Kier alpha value is -3.43. The average Bonchev–Trinajstić information content (AvgIpc) is 2.75. The number of aryl methyl sites for hydroxylation is 2. The highest BCUT2D eigenvalue weighted by Gasteiger charge is 2.24. The van der Waals surface area contributed by atoms with Crippen molar-refractivity contribution in [1.82, 2.24) is 19.9 Å². The van der Waals surface area contributed by atoms with Crippen LogP contribution in [-0.4, -0.2) is 52.0 Å². The van der Waals surface area contributed by atoms with Gasteiger partial charge in [-0.3, -0.25) is 14.7 Å². The molecule has 1 saturated heterocycles. The van der Waals surface area contributed by atoms with Crippen LogP contribution in [-0.2, 0) is 9.53 Å². The molecule has 0 aliphatic carbocycles. The van der Waals surface area contributed by atoms with E-state index in [1.54, 1.807) is 6.20 Å². The van der Waals surface area contributed by atoms with Crippen LogP contribution >= 0.6 is 0 Å². The van der Waals surface area contributed by atoms with Gasteiger partial charge < -0.3 is 15.4 Å². The Morgan fingerprint density at radius 2 is 1.84 bits per heavy atom. The van der Waals surface area contributed by atoms with Crippen molar-refractivity contribution in [2.24, 2.45) is 0 Å². The molecular formula is C23H25FN6O2. The Bertz CT molecular complexity index is 1050. The highest BCUT2D eigenvalue weighted by molar-refractivity contribution is 5.92. The van der Waals surface area contributed by atoms with Gasteiger partial charge in [0.05, 0.1) is 30.7 Å². The Balaban J connectivity index is 1.33. The van der Waals surface area contributed by atoms with E-state index in [4.69, 9.17) is 4.74 Å². The molecule has 3 heterocycles. The molecule has 0 saturated carbocycles. The van der Waals surface area contributed by atoms with Gasteiger partial charge in [0.15, 0.2) is 0 Å². The van der Waals surface area contributed by atoms with Gasteiger partial charge in [-0.15, -0.1) is 0 Å². The van der Waals surface area contributed by atoms with E-state index in [0.29, 0.717) is 31.3 Å². The van der Waals surface area contributed by atoms with Gasteiger partial charge >= 0.3 is 0 Å². The fraction of sp³-hybridized carbons (Fsp3) is 0.304. The molecule has 4 rings (SSSR count). The van der Waals surface area contributed by atoms with E-state index in [9.17, 15) is 9.18 Å². The van der Waals surface area contributed by atoms with Crippen molar-refractivity contribution in [3.8, 4) is 0 Å². The normalized spacial score (nSPS) is 16.5. The van der Waals surface area contributed by atoms with E-state index in [-0.39, 0.29) is 24.4 Å². The second-order valence-electron chi connectivity index (χ2n) is 7.72. The number of hydrogen-bond donors (Lipinski definition) is 2. The largest absolute Gasteiger partial charge is 0.369 e. The van der Waals surface area contributed by atoms with Gasteiger partial charge in [0, 0.05) is 30.2 Å². The lowest BCUT2D eigenvalue weighted by Crippen LogP contribution is -2.42. The molecule has 8 nitrogen and oxygen atoms in total. The molecule has 166 valence electrons. The Kier molecular flexibility index (Phi) is 6.67. The van der Waals surface area contributed by atoms with Crippen molar-refractivity contribution in [2.45, 2.75) is 20.0 Å². The lowest BCUT2D eigenvalue weighted by molar-refractivity contribution is -0.119. The summed E-state index contributed by atoms with van der Waals surface area (Å²) in [6.45, 7) is 5.78. The van der Waals surface area contributed by atoms with Crippen molar-refractivity contribution in [3.05, 3.63) is 71.6 Å². The van der Waals surface area contributed by atoms with Crippen LogP contribution in [0.4, 0.5) is 21.7 Å². The molecule has 0 spiro atoms. The number of nitrogens with one attached hydrogen (secondary N) is 2. The third-order valence-electron chi connectivity index (χ3n) is 5.00. The predicted octanol–water partition coefficient (Wildman–Crippen LogP) is 3.38. The summed E-state index contributed by atoms with van der Waals surface area (Å²) in [6, 6.07) is 11.4. The third-order valence-corrected chi connectivity index (χ3v) is 5.00. The van der Waals surface area contributed by atoms with Gasteiger partial charge in [0.1, 0.15) is 11.9 Å². The van der Waals surface area contributed by atoms with Crippen molar-refractivity contribution >= 4 is 23.2 Å². The van der Waals surface area contributed by atoms with Gasteiger partial charge in [-0.1, -0.05) is 0 Å². The number of nitrogens with zero attached hydrogens (tertiary/aromatic N) is 4. The number of carbonyl (C=O) groups is 1. The van der Waals surface area contributed by atoms with Crippen LogP contribution in [0.3, 0.4) is 0 Å². The molecule has 3 aromatic rings. The number of ether oxygens (including phenoxy) is 1. The summed E-state index contributed by atoms with van der Waals surface area (Å²) in [4.78, 5) is 27.6. The molecule has 32 heavy (non-hydrogen) atoms. The number of carbonyl (C=O) groups excluding carboxylic acids is 1. The maximum atomic E-state index is 13.0. The summed E-state index contributed by atoms with van der Waals surface area (Å²) in [5.41, 5.74) is 3.93. The van der Waals surface area contributed by atoms with E-state index in [1.807, 2.05) is 36.9 Å². The molecule has 2 aromatic heterocycles. The molecule has 0 radical (unpaired) electrons. The quantitative estimate of drug-likeness (QED) is 0.612. The van der Waals surface area contributed by atoms with Gasteiger partial charge in [-0.05, 0) is 56.3 Å². The van der Waals surface area contributed by atoms with Gasteiger partial charge in [0.2, 0.25) is 11.9 Å². The van der Waals surface area contributed by atoms with Crippen LogP contribution in [0.25, 0.3) is 0 Å². The number of halogens is 1. The smallest absolute Gasteiger partial charge is 0.238 e. The molecular weight excluding hydrogens is 411 g/mol. The SMILES string of the molecule is Cc1cc(C)nc(Nc2ccc([C@H]3CN(CC(=O)Nc4ccc(F)cc4)CCO3)nc2)n1. The minimum atomic E-state index is -0.339. The third kappa shape index (κ3) is 5.83. The summed E-state index contributed by atoms with van der Waals surface area (Å²) >= 11 is 0. The van der Waals surface area contributed by atoms with Gasteiger partial charge in [0.25, 0.3) is 0 Å². The van der Waals surface area contributed by atoms with E-state index >= 15 is 0 Å². The van der Waals surface area contributed by atoms with Gasteiger partial charge in [-0.2, -0.15) is 0 Å². The van der Waals surface area contributed by atoms with Gasteiger partial charge in [-0.25, -0.2) is 14.4 Å². The molecule has 1 aromatic carbocycles. The van der Waals surface area contributed by atoms with E-state index in [1.165, 1.54) is 24.3 Å². The van der Waals surface area contributed by atoms with Crippen molar-refractivity contribution < 1.29 is 13.9 Å². The second kappa shape index (κ2) is 9.80. The summed E-state index contributed by atoms with van der Waals surface area (Å²) in [5, 5.41) is 5.95. The number of amides is 1. The Morgan fingerprint density at radius 3 is 2.53 bits per heavy atom. The number of aromatic nitrogens is 3. The van der Waals surface area contributed by atoms with Crippen LogP contribution in [0, 0.1) is 19.7 Å². The number of morpholine rings is 1. The second-order valence-corrected chi connectivity index (χ2v) is 7.72. The van der Waals surface area contributed by atoms with Crippen LogP contribution in [0.2, 0.25) is 0 Å². The molecule has 1 aliphatic rings. The zero-order chi connectivity index (χ0) is 22.5. The fourth-order valence-electron chi connectivity index (χ4n) is 3.54. The first kappa shape index (κ1) is 21.8. The number of anilines is 3. The zero-order valence-corrected chi connectivity index (χ0v) is 18.0. The van der Waals surface area contributed by atoms with Crippen molar-refractivity contribution in [1.29, 1.82) is 0 Å². The first-order valence-corrected chi connectivity index (χ1v) is 10.4. The average molecular weight is 436 g/mol. The lowest BCUT2D eigenvalue weighted by Gasteiger charge is -2.32. The monoisotopic (exact) mass is 436 g/mol. The maximum Gasteiger partial charge on any atom is 0.238 e. The Morgan fingerprint density at radius 1 is 1.12 bits per heavy atom. The molecule has 2 N–H and O–H groups in total. The van der Waals surface area contributed by atoms with E-state index in [0.717, 1.165) is 22.8 Å². The molecule has 1 fully saturated rings. The fourth-order valence-corrected chi connectivity index (χ4v) is 3.54. The number of pyridine rings is 1. The maximum absolute atomic E-state index is 13.0. The number of rotatable bonds is 6. The summed E-state index contributed by atoms with van der Waals surface area (Å²) in [6.07, 6.45) is 1.49. The predicted molar refractivity (Wildman–Crippen MR) is 119 cm³/mol. The van der Waals surface area contributed by atoms with Crippen molar-refractivity contribution in [3.63, 3.8) is 0 Å². The minimum Gasteiger partial charge on any atom is -0.369 e. The van der Waals surface area contributed by atoms with Crippen molar-refractivity contribution in [2.75, 3.05) is 36.9 Å². The molecule has 1 aliphatic heterocycles. The van der Waals surface area contributed by atoms with E-state index < -0.39 is 0 Å². The summed E-state index contributed by atoms with van der Waals surface area (Å²) in [7, 11) is 0. The molecule has 1 amide bonds.